The summed E-state index contributed by atoms with van der Waals surface area (Å²) in [5.74, 6) is 0.188. The third-order valence-corrected chi connectivity index (χ3v) is 1.37. The van der Waals surface area contributed by atoms with Crippen LogP contribution in [0.3, 0.4) is 0 Å². The molecule has 0 saturated carbocycles. The van der Waals surface area contributed by atoms with Gasteiger partial charge in [-0.25, -0.2) is 0 Å². The molecular weight excluding hydrogens is 128 g/mol. The van der Waals surface area contributed by atoms with Crippen LogP contribution in [0.2, 0.25) is 0 Å². The van der Waals surface area contributed by atoms with Gasteiger partial charge in [-0.3, -0.25) is 4.79 Å². The minimum atomic E-state index is -0.204. The molecule has 60 valence electrons. The van der Waals surface area contributed by atoms with Gasteiger partial charge in [0.05, 0.1) is 0 Å². The van der Waals surface area contributed by atoms with Crippen molar-refractivity contribution in [3.05, 3.63) is 0 Å². The van der Waals surface area contributed by atoms with E-state index in [1.54, 1.807) is 0 Å². The van der Waals surface area contributed by atoms with E-state index in [0.717, 1.165) is 6.42 Å². The van der Waals surface area contributed by atoms with Gasteiger partial charge in [-0.15, -0.1) is 0 Å². The minimum absolute atomic E-state index is 0.188. The van der Waals surface area contributed by atoms with E-state index in [9.17, 15) is 4.79 Å². The first-order valence-electron chi connectivity index (χ1n) is 3.86. The smallest absolute Gasteiger partial charge is 0.160 e. The Morgan fingerprint density at radius 2 is 2.10 bits per heavy atom. The Bertz CT molecular complexity index is 99.4. The van der Waals surface area contributed by atoms with Gasteiger partial charge in [0, 0.05) is 13.0 Å². The van der Waals surface area contributed by atoms with E-state index in [0.29, 0.717) is 13.0 Å². The second kappa shape index (κ2) is 5.42. The lowest BCUT2D eigenvalue weighted by Gasteiger charge is -2.08. The molecule has 0 rings (SSSR count). The molecule has 0 saturated heterocycles. The van der Waals surface area contributed by atoms with Crippen molar-refractivity contribution in [2.24, 2.45) is 0 Å². The van der Waals surface area contributed by atoms with Gasteiger partial charge in [0.1, 0.15) is 6.10 Å². The summed E-state index contributed by atoms with van der Waals surface area (Å²) in [6.45, 7) is 6.38. The predicted octanol–water partition coefficient (Wildman–Crippen LogP) is 1.78. The van der Waals surface area contributed by atoms with Gasteiger partial charge in [-0.2, -0.15) is 0 Å². The lowest BCUT2D eigenvalue weighted by Crippen LogP contribution is -2.19. The molecule has 0 bridgehead atoms. The third-order valence-electron chi connectivity index (χ3n) is 1.37. The predicted molar refractivity (Wildman–Crippen MR) is 41.0 cm³/mol. The fraction of sp³-hybridized carbons (Fsp3) is 0.875. The van der Waals surface area contributed by atoms with Crippen molar-refractivity contribution in [1.82, 2.24) is 0 Å². The fourth-order valence-corrected chi connectivity index (χ4v) is 0.675. The zero-order valence-corrected chi connectivity index (χ0v) is 7.02. The first-order valence-corrected chi connectivity index (χ1v) is 3.86. The van der Waals surface area contributed by atoms with Gasteiger partial charge >= 0.3 is 0 Å². The highest BCUT2D eigenvalue weighted by Crippen LogP contribution is 1.96. The SMILES string of the molecule is CCCO[C@H](C)C(=O)CC. The van der Waals surface area contributed by atoms with Gasteiger partial charge in [0.2, 0.25) is 0 Å². The summed E-state index contributed by atoms with van der Waals surface area (Å²) < 4.78 is 5.19. The standard InChI is InChI=1S/C8H16O2/c1-4-6-10-7(3)8(9)5-2/h7H,4-6H2,1-3H3/t7-/m1/s1. The van der Waals surface area contributed by atoms with E-state index >= 15 is 0 Å². The Hall–Kier alpha value is -0.370. The summed E-state index contributed by atoms with van der Waals surface area (Å²) in [5, 5.41) is 0. The number of ketones is 1. The second-order valence-electron chi connectivity index (χ2n) is 2.33. The molecule has 0 aliphatic rings. The monoisotopic (exact) mass is 144 g/mol. The van der Waals surface area contributed by atoms with Gasteiger partial charge in [0.15, 0.2) is 5.78 Å². The molecule has 0 heterocycles. The van der Waals surface area contributed by atoms with Crippen LogP contribution in [-0.4, -0.2) is 18.5 Å². The highest BCUT2D eigenvalue weighted by Gasteiger charge is 2.08. The molecule has 0 aromatic carbocycles. The first kappa shape index (κ1) is 9.63. The van der Waals surface area contributed by atoms with E-state index in [4.69, 9.17) is 4.74 Å². The van der Waals surface area contributed by atoms with Crippen molar-refractivity contribution in [2.75, 3.05) is 6.61 Å². The van der Waals surface area contributed by atoms with Crippen LogP contribution in [0.25, 0.3) is 0 Å². The normalized spacial score (nSPS) is 13.1. The average Bonchev–Trinajstić information content (AvgIpc) is 1.98. The molecule has 0 aromatic heterocycles. The largest absolute Gasteiger partial charge is 0.371 e. The molecule has 0 aromatic rings. The lowest BCUT2D eigenvalue weighted by molar-refractivity contribution is -0.129. The Kier molecular flexibility index (Phi) is 5.22. The number of Topliss-reactive ketones (excluding diaryl/α,β-unsaturated/α-hetero) is 1. The van der Waals surface area contributed by atoms with E-state index in [1.165, 1.54) is 0 Å². The van der Waals surface area contributed by atoms with Crippen LogP contribution in [-0.2, 0) is 9.53 Å². The average molecular weight is 144 g/mol. The summed E-state index contributed by atoms with van der Waals surface area (Å²) in [6.07, 6.45) is 1.34. The van der Waals surface area contributed by atoms with Crippen molar-refractivity contribution < 1.29 is 9.53 Å². The van der Waals surface area contributed by atoms with Crippen molar-refractivity contribution in [3.63, 3.8) is 0 Å². The van der Waals surface area contributed by atoms with Crippen molar-refractivity contribution in [3.8, 4) is 0 Å². The van der Waals surface area contributed by atoms with Crippen molar-refractivity contribution >= 4 is 5.78 Å². The van der Waals surface area contributed by atoms with Crippen LogP contribution in [0.5, 0.6) is 0 Å². The molecule has 0 unspecified atom stereocenters. The fourth-order valence-electron chi connectivity index (χ4n) is 0.675. The first-order chi connectivity index (χ1) is 4.72. The zero-order chi connectivity index (χ0) is 7.98. The van der Waals surface area contributed by atoms with E-state index < -0.39 is 0 Å². The van der Waals surface area contributed by atoms with Crippen LogP contribution >= 0.6 is 0 Å². The molecule has 10 heavy (non-hydrogen) atoms. The Labute approximate surface area is 62.6 Å². The third kappa shape index (κ3) is 3.62. The molecule has 0 spiro atoms. The maximum absolute atomic E-state index is 10.9. The Morgan fingerprint density at radius 3 is 2.50 bits per heavy atom. The molecule has 0 aliphatic carbocycles. The summed E-state index contributed by atoms with van der Waals surface area (Å²) in [4.78, 5) is 10.9. The van der Waals surface area contributed by atoms with Crippen LogP contribution in [0.15, 0.2) is 0 Å². The number of hydrogen-bond donors (Lipinski definition) is 0. The number of carbonyl (C=O) groups is 1. The number of carbonyl (C=O) groups excluding carboxylic acids is 1. The quantitative estimate of drug-likeness (QED) is 0.588. The maximum atomic E-state index is 10.9. The highest BCUT2D eigenvalue weighted by molar-refractivity contribution is 5.82. The molecule has 2 heteroatoms. The topological polar surface area (TPSA) is 26.3 Å². The zero-order valence-electron chi connectivity index (χ0n) is 7.02. The van der Waals surface area contributed by atoms with Gasteiger partial charge in [-0.05, 0) is 13.3 Å². The van der Waals surface area contributed by atoms with Crippen LogP contribution in [0.4, 0.5) is 0 Å². The van der Waals surface area contributed by atoms with Crippen LogP contribution < -0.4 is 0 Å². The number of hydrogen-bond acceptors (Lipinski definition) is 2. The van der Waals surface area contributed by atoms with Gasteiger partial charge in [-0.1, -0.05) is 13.8 Å². The van der Waals surface area contributed by atoms with E-state index in [1.807, 2.05) is 20.8 Å². The van der Waals surface area contributed by atoms with Crippen LogP contribution in [0, 0.1) is 0 Å². The molecule has 0 fully saturated rings. The summed E-state index contributed by atoms with van der Waals surface area (Å²) in [5.41, 5.74) is 0. The molecule has 0 aliphatic heterocycles. The molecule has 2 nitrogen and oxygen atoms in total. The Balaban J connectivity index is 3.41. The minimum Gasteiger partial charge on any atom is -0.371 e. The number of rotatable bonds is 5. The highest BCUT2D eigenvalue weighted by atomic mass is 16.5. The van der Waals surface area contributed by atoms with Crippen molar-refractivity contribution in [1.29, 1.82) is 0 Å². The van der Waals surface area contributed by atoms with E-state index in [-0.39, 0.29) is 11.9 Å². The molecule has 0 amide bonds. The van der Waals surface area contributed by atoms with Gasteiger partial charge < -0.3 is 4.74 Å². The van der Waals surface area contributed by atoms with Gasteiger partial charge in [0.25, 0.3) is 0 Å². The molecule has 1 atom stereocenters. The molecule has 0 radical (unpaired) electrons. The second-order valence-corrected chi connectivity index (χ2v) is 2.33. The Morgan fingerprint density at radius 1 is 1.50 bits per heavy atom. The molecule has 0 N–H and O–H groups in total. The molecular formula is C8H16O2. The lowest BCUT2D eigenvalue weighted by atomic mass is 10.2. The van der Waals surface area contributed by atoms with Crippen LogP contribution in [0.1, 0.15) is 33.6 Å². The van der Waals surface area contributed by atoms with E-state index in [2.05, 4.69) is 0 Å². The number of ether oxygens (including phenoxy) is 1. The summed E-state index contributed by atoms with van der Waals surface area (Å²) in [6, 6.07) is 0. The summed E-state index contributed by atoms with van der Waals surface area (Å²) >= 11 is 0. The van der Waals surface area contributed by atoms with Crippen molar-refractivity contribution in [2.45, 2.75) is 39.7 Å². The maximum Gasteiger partial charge on any atom is 0.160 e. The summed E-state index contributed by atoms with van der Waals surface area (Å²) in [7, 11) is 0.